The predicted molar refractivity (Wildman–Crippen MR) is 70.1 cm³/mol. The molecule has 0 aliphatic carbocycles. The smallest absolute Gasteiger partial charge is 0.277 e. The number of hydrogen-bond donors (Lipinski definition) is 1. The van der Waals surface area contributed by atoms with Gasteiger partial charge in [-0.15, -0.1) is 10.2 Å². The molecule has 0 radical (unpaired) electrons. The van der Waals surface area contributed by atoms with Gasteiger partial charge in [-0.05, 0) is 27.0 Å². The van der Waals surface area contributed by atoms with Crippen LogP contribution < -0.4 is 5.32 Å². The molecule has 0 bridgehead atoms. The molecule has 0 saturated carbocycles. The van der Waals surface area contributed by atoms with Gasteiger partial charge >= 0.3 is 0 Å². The number of thioether (sulfide) groups is 2. The lowest BCUT2D eigenvalue weighted by atomic mass is 10.1. The van der Waals surface area contributed by atoms with Crippen molar-refractivity contribution in [3.63, 3.8) is 0 Å². The van der Waals surface area contributed by atoms with Crippen molar-refractivity contribution in [3.05, 3.63) is 5.89 Å². The Labute approximate surface area is 110 Å². The van der Waals surface area contributed by atoms with Gasteiger partial charge in [0.1, 0.15) is 0 Å². The molecule has 0 aromatic carbocycles. The molecule has 0 aliphatic heterocycles. The van der Waals surface area contributed by atoms with Crippen LogP contribution >= 0.6 is 23.5 Å². The van der Waals surface area contributed by atoms with Gasteiger partial charge in [0.25, 0.3) is 5.22 Å². The number of hydrogen-bond acceptors (Lipinski definition) is 6. The van der Waals surface area contributed by atoms with E-state index >= 15 is 0 Å². The quantitative estimate of drug-likeness (QED) is 0.828. The number of nitrogens with zero attached hydrogens (tertiary/aromatic N) is 2. The van der Waals surface area contributed by atoms with E-state index in [-0.39, 0.29) is 17.2 Å². The number of amides is 1. The summed E-state index contributed by atoms with van der Waals surface area (Å²) in [5.41, 5.74) is -0.212. The minimum absolute atomic E-state index is 0.0351. The number of nitrogens with one attached hydrogen (secondary N) is 1. The van der Waals surface area contributed by atoms with Gasteiger partial charge in [0.15, 0.2) is 0 Å². The van der Waals surface area contributed by atoms with Crippen LogP contribution in [0.15, 0.2) is 9.64 Å². The Morgan fingerprint density at radius 2 is 2.12 bits per heavy atom. The molecule has 1 rings (SSSR count). The molecule has 0 spiro atoms. The van der Waals surface area contributed by atoms with Crippen LogP contribution in [0.2, 0.25) is 0 Å². The van der Waals surface area contributed by atoms with Crippen LogP contribution in [0.4, 0.5) is 0 Å². The van der Waals surface area contributed by atoms with Crippen molar-refractivity contribution in [2.24, 2.45) is 0 Å². The first-order valence-corrected chi connectivity index (χ1v) is 7.54. The molecule has 1 amide bonds. The maximum atomic E-state index is 11.5. The summed E-state index contributed by atoms with van der Waals surface area (Å²) in [4.78, 5) is 11.5. The molecule has 1 aromatic heterocycles. The summed E-state index contributed by atoms with van der Waals surface area (Å²) in [7, 11) is 0. The van der Waals surface area contributed by atoms with Gasteiger partial charge in [0, 0.05) is 5.54 Å². The van der Waals surface area contributed by atoms with E-state index in [2.05, 4.69) is 15.5 Å². The normalized spacial score (nSPS) is 11.5. The fourth-order valence-corrected chi connectivity index (χ4v) is 2.00. The van der Waals surface area contributed by atoms with Crippen molar-refractivity contribution in [1.82, 2.24) is 15.5 Å². The highest BCUT2D eigenvalue weighted by molar-refractivity contribution is 7.99. The second-order valence-electron chi connectivity index (χ2n) is 4.48. The summed E-state index contributed by atoms with van der Waals surface area (Å²) in [6.07, 6.45) is 1.97. The van der Waals surface area contributed by atoms with Gasteiger partial charge in [-0.1, -0.05) is 11.8 Å². The Morgan fingerprint density at radius 3 is 2.71 bits per heavy atom. The van der Waals surface area contributed by atoms with Crippen LogP contribution in [-0.2, 0) is 10.5 Å². The first-order chi connectivity index (χ1) is 7.90. The van der Waals surface area contributed by atoms with Crippen LogP contribution in [0.25, 0.3) is 0 Å². The maximum Gasteiger partial charge on any atom is 0.277 e. The molecule has 7 heteroatoms. The average Bonchev–Trinajstić information content (AvgIpc) is 2.61. The largest absolute Gasteiger partial charge is 0.415 e. The first kappa shape index (κ1) is 14.4. The molecule has 0 fully saturated rings. The van der Waals surface area contributed by atoms with Crippen molar-refractivity contribution in [2.45, 2.75) is 37.3 Å². The average molecular weight is 275 g/mol. The first-order valence-electron chi connectivity index (χ1n) is 5.16. The summed E-state index contributed by atoms with van der Waals surface area (Å²) in [6, 6.07) is 0. The molecule has 0 atom stereocenters. The second-order valence-corrected chi connectivity index (χ2v) is 6.27. The number of aromatic nitrogens is 2. The van der Waals surface area contributed by atoms with Gasteiger partial charge < -0.3 is 9.73 Å². The molecule has 5 nitrogen and oxygen atoms in total. The topological polar surface area (TPSA) is 68.0 Å². The summed E-state index contributed by atoms with van der Waals surface area (Å²) in [5, 5.41) is 11.0. The minimum Gasteiger partial charge on any atom is -0.415 e. The summed E-state index contributed by atoms with van der Waals surface area (Å²) >= 11 is 2.87. The van der Waals surface area contributed by atoms with E-state index in [0.717, 1.165) is 0 Å². The van der Waals surface area contributed by atoms with E-state index in [1.54, 1.807) is 11.8 Å². The molecule has 1 N–H and O–H groups in total. The van der Waals surface area contributed by atoms with E-state index < -0.39 is 0 Å². The molecule has 0 unspecified atom stereocenters. The van der Waals surface area contributed by atoms with Crippen molar-refractivity contribution in [3.8, 4) is 0 Å². The third-order valence-corrected chi connectivity index (χ3v) is 2.91. The van der Waals surface area contributed by atoms with Gasteiger partial charge in [-0.3, -0.25) is 4.79 Å². The zero-order chi connectivity index (χ0) is 12.9. The zero-order valence-corrected chi connectivity index (χ0v) is 12.1. The molecule has 17 heavy (non-hydrogen) atoms. The van der Waals surface area contributed by atoms with Crippen molar-refractivity contribution in [2.75, 3.05) is 12.0 Å². The maximum absolute atomic E-state index is 11.5. The van der Waals surface area contributed by atoms with Crippen LogP contribution in [0.1, 0.15) is 26.7 Å². The lowest BCUT2D eigenvalue weighted by Crippen LogP contribution is -2.41. The molecule has 96 valence electrons. The lowest BCUT2D eigenvalue weighted by molar-refractivity contribution is -0.119. The summed E-state index contributed by atoms with van der Waals surface area (Å²) in [6.45, 7) is 5.83. The van der Waals surface area contributed by atoms with Crippen molar-refractivity contribution >= 4 is 29.4 Å². The van der Waals surface area contributed by atoms with E-state index in [1.165, 1.54) is 11.8 Å². The number of carbonyl (C=O) groups is 1. The number of rotatable bonds is 5. The van der Waals surface area contributed by atoms with Crippen LogP contribution in [-0.4, -0.2) is 33.7 Å². The van der Waals surface area contributed by atoms with Gasteiger partial charge in [0.05, 0.1) is 11.5 Å². The van der Waals surface area contributed by atoms with E-state index in [1.807, 2.05) is 27.0 Å². The molecular formula is C10H17N3O2S2. The van der Waals surface area contributed by atoms with Crippen molar-refractivity contribution in [1.29, 1.82) is 0 Å². The summed E-state index contributed by atoms with van der Waals surface area (Å²) < 4.78 is 5.34. The molecule has 1 aromatic rings. The van der Waals surface area contributed by atoms with E-state index in [0.29, 0.717) is 16.9 Å². The van der Waals surface area contributed by atoms with Gasteiger partial charge in [0.2, 0.25) is 11.8 Å². The molecule has 1 heterocycles. The Morgan fingerprint density at radius 1 is 1.41 bits per heavy atom. The fourth-order valence-electron chi connectivity index (χ4n) is 1.06. The second kappa shape index (κ2) is 6.30. The van der Waals surface area contributed by atoms with Crippen LogP contribution in [0.5, 0.6) is 0 Å². The Balaban J connectivity index is 2.37. The third kappa shape index (κ3) is 5.97. The Hall–Kier alpha value is -0.690. The standard InChI is InChI=1S/C10H17N3O2S2/c1-10(2,3)11-7(14)5-17-9-13-12-8(15-9)6-16-4/h5-6H2,1-4H3,(H,11,14). The van der Waals surface area contributed by atoms with Gasteiger partial charge in [-0.2, -0.15) is 11.8 Å². The van der Waals surface area contributed by atoms with Crippen LogP contribution in [0, 0.1) is 0 Å². The zero-order valence-electron chi connectivity index (χ0n) is 10.4. The van der Waals surface area contributed by atoms with E-state index in [9.17, 15) is 4.79 Å². The molecule has 0 saturated heterocycles. The summed E-state index contributed by atoms with van der Waals surface area (Å²) in [5.74, 6) is 1.54. The minimum atomic E-state index is -0.212. The highest BCUT2D eigenvalue weighted by Gasteiger charge is 2.15. The van der Waals surface area contributed by atoms with Gasteiger partial charge in [-0.25, -0.2) is 0 Å². The molecule has 0 aliphatic rings. The highest BCUT2D eigenvalue weighted by Crippen LogP contribution is 2.17. The Bertz CT molecular complexity index is 374. The Kier molecular flexibility index (Phi) is 5.32. The molecular weight excluding hydrogens is 258 g/mol. The SMILES string of the molecule is CSCc1nnc(SCC(=O)NC(C)(C)C)o1. The lowest BCUT2D eigenvalue weighted by Gasteiger charge is -2.19. The third-order valence-electron chi connectivity index (χ3n) is 1.56. The van der Waals surface area contributed by atoms with E-state index in [4.69, 9.17) is 4.42 Å². The predicted octanol–water partition coefficient (Wildman–Crippen LogP) is 1.94. The highest BCUT2D eigenvalue weighted by atomic mass is 32.2. The monoisotopic (exact) mass is 275 g/mol. The fraction of sp³-hybridized carbons (Fsp3) is 0.700. The van der Waals surface area contributed by atoms with Crippen LogP contribution in [0.3, 0.4) is 0 Å². The number of carbonyl (C=O) groups excluding carboxylic acids is 1. The van der Waals surface area contributed by atoms with Crippen molar-refractivity contribution < 1.29 is 9.21 Å².